The molecular weight excluding hydrogens is 326 g/mol. The largest absolute Gasteiger partial charge is 0.495 e. The number of anilines is 2. The minimum absolute atomic E-state index is 0.109. The monoisotopic (exact) mass is 347 g/mol. The third-order valence-corrected chi connectivity index (χ3v) is 3.75. The Morgan fingerprint density at radius 3 is 2.67 bits per heavy atom. The molecule has 1 heterocycles. The smallest absolute Gasteiger partial charge is 0.252 e. The van der Waals surface area contributed by atoms with Crippen molar-refractivity contribution >= 4 is 29.0 Å². The third kappa shape index (κ3) is 5.13. The summed E-state index contributed by atoms with van der Waals surface area (Å²) < 4.78 is 5.12. The summed E-state index contributed by atoms with van der Waals surface area (Å²) >= 11 is 6.09. The zero-order chi connectivity index (χ0) is 17.5. The summed E-state index contributed by atoms with van der Waals surface area (Å²) in [4.78, 5) is 16.3. The van der Waals surface area contributed by atoms with Gasteiger partial charge in [-0.25, -0.2) is 4.98 Å². The molecule has 128 valence electrons. The van der Waals surface area contributed by atoms with Gasteiger partial charge in [-0.3, -0.25) is 4.79 Å². The maximum atomic E-state index is 12.0. The van der Waals surface area contributed by atoms with E-state index < -0.39 is 0 Å². The lowest BCUT2D eigenvalue weighted by atomic mass is 10.1. The number of pyridine rings is 1. The van der Waals surface area contributed by atoms with Crippen LogP contribution in [0.2, 0.25) is 5.02 Å². The van der Waals surface area contributed by atoms with Crippen LogP contribution in [0.15, 0.2) is 36.5 Å². The Kier molecular flexibility index (Phi) is 6.44. The van der Waals surface area contributed by atoms with E-state index in [1.165, 1.54) is 0 Å². The highest BCUT2D eigenvalue weighted by Crippen LogP contribution is 2.28. The molecule has 0 saturated carbocycles. The Bertz CT molecular complexity index is 687. The summed E-state index contributed by atoms with van der Waals surface area (Å²) in [5.74, 6) is 1.70. The molecule has 2 aromatic rings. The van der Waals surface area contributed by atoms with Crippen LogP contribution in [-0.2, 0) is 0 Å². The van der Waals surface area contributed by atoms with Crippen LogP contribution in [0.4, 0.5) is 11.5 Å². The van der Waals surface area contributed by atoms with E-state index in [0.717, 1.165) is 12.1 Å². The van der Waals surface area contributed by atoms with Crippen LogP contribution >= 0.6 is 11.6 Å². The van der Waals surface area contributed by atoms with E-state index in [-0.39, 0.29) is 5.91 Å². The fourth-order valence-corrected chi connectivity index (χ4v) is 2.33. The molecule has 1 aromatic heterocycles. The minimum atomic E-state index is -0.109. The zero-order valence-electron chi connectivity index (χ0n) is 14.1. The normalized spacial score (nSPS) is 10.5. The van der Waals surface area contributed by atoms with Crippen molar-refractivity contribution in [1.82, 2.24) is 10.3 Å². The van der Waals surface area contributed by atoms with Crippen molar-refractivity contribution in [2.45, 2.75) is 20.3 Å². The topological polar surface area (TPSA) is 63.2 Å². The molecule has 0 radical (unpaired) electrons. The van der Waals surface area contributed by atoms with Crippen molar-refractivity contribution in [2.24, 2.45) is 5.92 Å². The quantitative estimate of drug-likeness (QED) is 0.785. The molecule has 1 amide bonds. The van der Waals surface area contributed by atoms with E-state index in [1.54, 1.807) is 37.6 Å². The number of hydrogen-bond donors (Lipinski definition) is 2. The highest BCUT2D eigenvalue weighted by atomic mass is 35.5. The molecule has 0 fully saturated rings. The number of amides is 1. The van der Waals surface area contributed by atoms with Gasteiger partial charge in [-0.15, -0.1) is 0 Å². The average Bonchev–Trinajstić information content (AvgIpc) is 2.55. The van der Waals surface area contributed by atoms with Crippen LogP contribution in [0, 0.1) is 5.92 Å². The van der Waals surface area contributed by atoms with E-state index in [1.807, 2.05) is 6.07 Å². The Morgan fingerprint density at radius 2 is 2.08 bits per heavy atom. The lowest BCUT2D eigenvalue weighted by Gasteiger charge is -2.09. The number of aromatic nitrogens is 1. The van der Waals surface area contributed by atoms with Gasteiger partial charge in [0, 0.05) is 18.4 Å². The molecule has 1 aromatic carbocycles. The van der Waals surface area contributed by atoms with E-state index >= 15 is 0 Å². The molecule has 24 heavy (non-hydrogen) atoms. The molecule has 0 unspecified atom stereocenters. The van der Waals surface area contributed by atoms with Crippen molar-refractivity contribution in [3.8, 4) is 5.75 Å². The molecule has 0 aliphatic rings. The second-order valence-corrected chi connectivity index (χ2v) is 6.25. The first kappa shape index (κ1) is 18.1. The molecule has 0 spiro atoms. The van der Waals surface area contributed by atoms with Gasteiger partial charge in [-0.2, -0.15) is 0 Å². The van der Waals surface area contributed by atoms with Gasteiger partial charge in [0.25, 0.3) is 5.91 Å². The number of nitrogens with one attached hydrogen (secondary N) is 2. The Morgan fingerprint density at radius 1 is 1.29 bits per heavy atom. The summed E-state index contributed by atoms with van der Waals surface area (Å²) in [5, 5.41) is 6.54. The first-order valence-corrected chi connectivity index (χ1v) is 8.22. The van der Waals surface area contributed by atoms with Crippen LogP contribution in [0.1, 0.15) is 30.6 Å². The van der Waals surface area contributed by atoms with Crippen molar-refractivity contribution < 1.29 is 9.53 Å². The van der Waals surface area contributed by atoms with Crippen molar-refractivity contribution in [1.29, 1.82) is 0 Å². The zero-order valence-corrected chi connectivity index (χ0v) is 14.9. The van der Waals surface area contributed by atoms with Crippen LogP contribution in [0.3, 0.4) is 0 Å². The minimum Gasteiger partial charge on any atom is -0.495 e. The van der Waals surface area contributed by atoms with Gasteiger partial charge in [-0.05, 0) is 42.7 Å². The molecular formula is C18H22ClN3O2. The predicted octanol–water partition coefficient (Wildman–Crippen LogP) is 4.26. The molecule has 0 aliphatic carbocycles. The van der Waals surface area contributed by atoms with Gasteiger partial charge in [0.15, 0.2) is 0 Å². The first-order chi connectivity index (χ1) is 11.5. The highest BCUT2D eigenvalue weighted by molar-refractivity contribution is 6.32. The predicted molar refractivity (Wildman–Crippen MR) is 97.3 cm³/mol. The Balaban J connectivity index is 1.96. The number of ether oxygens (including phenoxy) is 1. The SMILES string of the molecule is COc1ccc(Nc2ccc(C(=O)NCCC(C)C)cn2)cc1Cl. The van der Waals surface area contributed by atoms with Crippen LogP contribution < -0.4 is 15.4 Å². The molecule has 6 heteroatoms. The summed E-state index contributed by atoms with van der Waals surface area (Å²) in [5.41, 5.74) is 1.33. The van der Waals surface area contributed by atoms with Crippen molar-refractivity contribution in [3.63, 3.8) is 0 Å². The van der Waals surface area contributed by atoms with Crippen molar-refractivity contribution in [2.75, 3.05) is 19.0 Å². The van der Waals surface area contributed by atoms with E-state index in [4.69, 9.17) is 16.3 Å². The second kappa shape index (κ2) is 8.55. The molecule has 0 atom stereocenters. The molecule has 2 N–H and O–H groups in total. The van der Waals surface area contributed by atoms with Crippen LogP contribution in [0.5, 0.6) is 5.75 Å². The Labute approximate surface area is 147 Å². The summed E-state index contributed by atoms with van der Waals surface area (Å²) in [6, 6.07) is 8.88. The number of benzene rings is 1. The highest BCUT2D eigenvalue weighted by Gasteiger charge is 2.07. The third-order valence-electron chi connectivity index (χ3n) is 3.46. The van der Waals surface area contributed by atoms with Crippen molar-refractivity contribution in [3.05, 3.63) is 47.1 Å². The molecule has 0 aliphatic heterocycles. The van der Waals surface area contributed by atoms with Gasteiger partial charge >= 0.3 is 0 Å². The average molecular weight is 348 g/mol. The molecule has 0 bridgehead atoms. The molecule has 5 nitrogen and oxygen atoms in total. The maximum absolute atomic E-state index is 12.0. The molecule has 2 rings (SSSR count). The number of rotatable bonds is 7. The summed E-state index contributed by atoms with van der Waals surface area (Å²) in [6.07, 6.45) is 2.51. The van der Waals surface area contributed by atoms with Gasteiger partial charge in [-0.1, -0.05) is 25.4 Å². The van der Waals surface area contributed by atoms with E-state index in [9.17, 15) is 4.79 Å². The fraction of sp³-hybridized carbons (Fsp3) is 0.333. The number of nitrogens with zero attached hydrogens (tertiary/aromatic N) is 1. The van der Waals surface area contributed by atoms with Gasteiger partial charge in [0.2, 0.25) is 0 Å². The fourth-order valence-electron chi connectivity index (χ4n) is 2.07. The standard InChI is InChI=1S/C18H22ClN3O2/c1-12(2)8-9-20-18(23)13-4-7-17(21-11-13)22-14-5-6-16(24-3)15(19)10-14/h4-7,10-12H,8-9H2,1-3H3,(H,20,23)(H,21,22). The lowest BCUT2D eigenvalue weighted by Crippen LogP contribution is -2.25. The number of carbonyl (C=O) groups excluding carboxylic acids is 1. The number of carbonyl (C=O) groups is 1. The van der Waals surface area contributed by atoms with Gasteiger partial charge in [0.05, 0.1) is 17.7 Å². The van der Waals surface area contributed by atoms with Gasteiger partial charge in [0.1, 0.15) is 11.6 Å². The van der Waals surface area contributed by atoms with Crippen LogP contribution in [-0.4, -0.2) is 24.5 Å². The van der Waals surface area contributed by atoms with E-state index in [2.05, 4.69) is 29.5 Å². The summed E-state index contributed by atoms with van der Waals surface area (Å²) in [7, 11) is 1.57. The lowest BCUT2D eigenvalue weighted by molar-refractivity contribution is 0.0951. The number of halogens is 1. The second-order valence-electron chi connectivity index (χ2n) is 5.84. The van der Waals surface area contributed by atoms with Crippen LogP contribution in [0.25, 0.3) is 0 Å². The molecule has 0 saturated heterocycles. The van der Waals surface area contributed by atoms with E-state index in [0.29, 0.717) is 34.6 Å². The number of methoxy groups -OCH3 is 1. The number of hydrogen-bond acceptors (Lipinski definition) is 4. The Hall–Kier alpha value is -2.27. The van der Waals surface area contributed by atoms with Gasteiger partial charge < -0.3 is 15.4 Å². The first-order valence-electron chi connectivity index (χ1n) is 7.84. The maximum Gasteiger partial charge on any atom is 0.252 e. The summed E-state index contributed by atoms with van der Waals surface area (Å²) in [6.45, 7) is 4.92.